The van der Waals surface area contributed by atoms with Crippen molar-refractivity contribution in [2.24, 2.45) is 0 Å². The Bertz CT molecular complexity index is 1470. The van der Waals surface area contributed by atoms with Gasteiger partial charge in [0.15, 0.2) is 0 Å². The van der Waals surface area contributed by atoms with Crippen molar-refractivity contribution in [2.75, 3.05) is 0 Å². The SMILES string of the molecule is Fc1ccc(-c2ccc3c(c2)Cc2cc4c(cc2-3)Cc2cc(-c3ccc(F)cc3)ccc2-4)cc1. The van der Waals surface area contributed by atoms with Gasteiger partial charge in [-0.25, -0.2) is 8.78 Å². The summed E-state index contributed by atoms with van der Waals surface area (Å²) in [5.41, 5.74) is 14.9. The number of benzene rings is 5. The van der Waals surface area contributed by atoms with Crippen molar-refractivity contribution >= 4 is 0 Å². The van der Waals surface area contributed by atoms with Crippen LogP contribution in [-0.2, 0) is 12.8 Å². The molecule has 0 saturated carbocycles. The number of halogens is 2. The van der Waals surface area contributed by atoms with Crippen LogP contribution in [0.3, 0.4) is 0 Å². The van der Waals surface area contributed by atoms with Gasteiger partial charge in [0.05, 0.1) is 0 Å². The average Bonchev–Trinajstić information content (AvgIpc) is 3.39. The van der Waals surface area contributed by atoms with Crippen molar-refractivity contribution in [2.45, 2.75) is 12.8 Å². The lowest BCUT2D eigenvalue weighted by Crippen LogP contribution is -1.85. The van der Waals surface area contributed by atoms with Crippen molar-refractivity contribution < 1.29 is 8.78 Å². The Morgan fingerprint density at radius 3 is 1.12 bits per heavy atom. The lowest BCUT2D eigenvalue weighted by molar-refractivity contribution is 0.627. The van der Waals surface area contributed by atoms with Crippen LogP contribution in [0.25, 0.3) is 44.5 Å². The minimum atomic E-state index is -0.211. The fourth-order valence-corrected chi connectivity index (χ4v) is 5.54. The predicted octanol–water partition coefficient (Wildman–Crippen LogP) is 8.44. The lowest BCUT2D eigenvalue weighted by Gasteiger charge is -2.08. The summed E-state index contributed by atoms with van der Waals surface area (Å²) >= 11 is 0. The maximum Gasteiger partial charge on any atom is 0.123 e. The zero-order valence-electron chi connectivity index (χ0n) is 18.4. The maximum atomic E-state index is 13.3. The summed E-state index contributed by atoms with van der Waals surface area (Å²) in [7, 11) is 0. The van der Waals surface area contributed by atoms with Crippen molar-refractivity contribution in [3.05, 3.63) is 131 Å². The Hall–Kier alpha value is -4.04. The molecule has 0 heterocycles. The second kappa shape index (κ2) is 7.23. The molecule has 5 aromatic rings. The minimum absolute atomic E-state index is 0.211. The van der Waals surface area contributed by atoms with Gasteiger partial charge in [-0.05, 0) is 116 Å². The number of hydrogen-bond donors (Lipinski definition) is 0. The van der Waals surface area contributed by atoms with Crippen LogP contribution in [-0.4, -0.2) is 0 Å². The summed E-state index contributed by atoms with van der Waals surface area (Å²) in [4.78, 5) is 0. The third-order valence-corrected chi connectivity index (χ3v) is 7.24. The molecule has 0 amide bonds. The van der Waals surface area contributed by atoms with E-state index in [1.165, 1.54) is 68.8 Å². The van der Waals surface area contributed by atoms with Crippen LogP contribution in [0, 0.1) is 11.6 Å². The van der Waals surface area contributed by atoms with Crippen LogP contribution in [0.4, 0.5) is 8.78 Å². The van der Waals surface area contributed by atoms with Crippen LogP contribution in [0.1, 0.15) is 22.3 Å². The first-order chi connectivity index (χ1) is 16.6. The largest absolute Gasteiger partial charge is 0.207 e. The third kappa shape index (κ3) is 3.03. The quantitative estimate of drug-likeness (QED) is 0.252. The van der Waals surface area contributed by atoms with Gasteiger partial charge in [-0.1, -0.05) is 60.7 Å². The number of fused-ring (bicyclic) bond motifs is 6. The molecule has 5 aromatic carbocycles. The Kier molecular flexibility index (Phi) is 4.13. The molecule has 0 nitrogen and oxygen atoms in total. The van der Waals surface area contributed by atoms with Crippen LogP contribution < -0.4 is 0 Å². The van der Waals surface area contributed by atoms with Gasteiger partial charge in [-0.2, -0.15) is 0 Å². The second-order valence-corrected chi connectivity index (χ2v) is 9.28. The van der Waals surface area contributed by atoms with Gasteiger partial charge in [-0.3, -0.25) is 0 Å². The summed E-state index contributed by atoms with van der Waals surface area (Å²) in [5.74, 6) is -0.422. The number of hydrogen-bond acceptors (Lipinski definition) is 0. The molecule has 0 spiro atoms. The molecule has 0 aromatic heterocycles. The Labute approximate surface area is 197 Å². The molecular weight excluding hydrogens is 422 g/mol. The first kappa shape index (κ1) is 19.4. The first-order valence-corrected chi connectivity index (χ1v) is 11.6. The summed E-state index contributed by atoms with van der Waals surface area (Å²) < 4.78 is 26.7. The molecular formula is C32H20F2. The zero-order chi connectivity index (χ0) is 22.8. The van der Waals surface area contributed by atoms with Gasteiger partial charge in [-0.15, -0.1) is 0 Å². The Morgan fingerprint density at radius 2 is 0.706 bits per heavy atom. The molecule has 0 bridgehead atoms. The van der Waals surface area contributed by atoms with E-state index < -0.39 is 0 Å². The van der Waals surface area contributed by atoms with E-state index in [0.717, 1.165) is 35.1 Å². The van der Waals surface area contributed by atoms with Gasteiger partial charge in [0.25, 0.3) is 0 Å². The molecule has 0 N–H and O–H groups in total. The normalized spacial score (nSPS) is 12.8. The smallest absolute Gasteiger partial charge is 0.123 e. The van der Waals surface area contributed by atoms with E-state index in [1.807, 2.05) is 24.3 Å². The summed E-state index contributed by atoms with van der Waals surface area (Å²) in [6, 6.07) is 31.3. The molecule has 34 heavy (non-hydrogen) atoms. The van der Waals surface area contributed by atoms with Gasteiger partial charge in [0, 0.05) is 0 Å². The van der Waals surface area contributed by atoms with E-state index in [9.17, 15) is 8.78 Å². The topological polar surface area (TPSA) is 0 Å². The molecule has 0 fully saturated rings. The molecule has 0 atom stereocenters. The zero-order valence-corrected chi connectivity index (χ0v) is 18.4. The van der Waals surface area contributed by atoms with Crippen molar-refractivity contribution in [3.63, 3.8) is 0 Å². The van der Waals surface area contributed by atoms with E-state index in [-0.39, 0.29) is 11.6 Å². The Balaban J connectivity index is 1.24. The molecule has 2 aliphatic rings. The van der Waals surface area contributed by atoms with Crippen LogP contribution in [0.2, 0.25) is 0 Å². The van der Waals surface area contributed by atoms with Gasteiger partial charge in [0.2, 0.25) is 0 Å². The van der Waals surface area contributed by atoms with Crippen molar-refractivity contribution in [3.8, 4) is 44.5 Å². The molecule has 0 unspecified atom stereocenters. The molecule has 162 valence electrons. The standard InChI is InChI=1S/C32H20F2/c33-27-7-1-19(2-8-27)21-5-11-29-23(13-21)15-25-17-32-26(18-31(25)29)16-24-14-22(6-12-30(24)32)20-3-9-28(34)10-4-20/h1-14,17-18H,15-16H2. The third-order valence-electron chi connectivity index (χ3n) is 7.24. The van der Waals surface area contributed by atoms with E-state index in [1.54, 1.807) is 0 Å². The lowest BCUT2D eigenvalue weighted by atomic mass is 9.96. The molecule has 0 saturated heterocycles. The van der Waals surface area contributed by atoms with Crippen molar-refractivity contribution in [1.29, 1.82) is 0 Å². The fraction of sp³-hybridized carbons (Fsp3) is 0.0625. The summed E-state index contributed by atoms with van der Waals surface area (Å²) in [5, 5.41) is 0. The highest BCUT2D eigenvalue weighted by molar-refractivity contribution is 5.87. The van der Waals surface area contributed by atoms with Gasteiger partial charge < -0.3 is 0 Å². The Morgan fingerprint density at radius 1 is 0.353 bits per heavy atom. The molecule has 0 aliphatic heterocycles. The van der Waals surface area contributed by atoms with E-state index in [0.29, 0.717) is 0 Å². The highest BCUT2D eigenvalue weighted by Gasteiger charge is 2.25. The number of rotatable bonds is 2. The highest BCUT2D eigenvalue weighted by atomic mass is 19.1. The van der Waals surface area contributed by atoms with Gasteiger partial charge >= 0.3 is 0 Å². The minimum Gasteiger partial charge on any atom is -0.207 e. The molecule has 2 aliphatic carbocycles. The van der Waals surface area contributed by atoms with Crippen LogP contribution in [0.15, 0.2) is 97.1 Å². The molecule has 7 rings (SSSR count). The fourth-order valence-electron chi connectivity index (χ4n) is 5.54. The van der Waals surface area contributed by atoms with Crippen LogP contribution in [0.5, 0.6) is 0 Å². The van der Waals surface area contributed by atoms with E-state index in [4.69, 9.17) is 0 Å². The monoisotopic (exact) mass is 442 g/mol. The second-order valence-electron chi connectivity index (χ2n) is 9.28. The first-order valence-electron chi connectivity index (χ1n) is 11.6. The van der Waals surface area contributed by atoms with Crippen LogP contribution >= 0.6 is 0 Å². The highest BCUT2D eigenvalue weighted by Crippen LogP contribution is 2.46. The summed E-state index contributed by atoms with van der Waals surface area (Å²) in [6.45, 7) is 0. The van der Waals surface area contributed by atoms with Crippen molar-refractivity contribution in [1.82, 2.24) is 0 Å². The van der Waals surface area contributed by atoms with E-state index in [2.05, 4.69) is 48.5 Å². The molecule has 2 heteroatoms. The summed E-state index contributed by atoms with van der Waals surface area (Å²) in [6.07, 6.45) is 1.83. The van der Waals surface area contributed by atoms with Gasteiger partial charge in [0.1, 0.15) is 11.6 Å². The predicted molar refractivity (Wildman–Crippen MR) is 134 cm³/mol. The average molecular weight is 443 g/mol. The molecule has 0 radical (unpaired) electrons. The maximum absolute atomic E-state index is 13.3. The van der Waals surface area contributed by atoms with E-state index >= 15 is 0 Å².